The van der Waals surface area contributed by atoms with E-state index in [9.17, 15) is 4.79 Å². The van der Waals surface area contributed by atoms with E-state index in [1.165, 1.54) is 11.1 Å². The van der Waals surface area contributed by atoms with Crippen LogP contribution in [0.25, 0.3) is 5.57 Å². The molecule has 1 aliphatic rings. The van der Waals surface area contributed by atoms with Crippen molar-refractivity contribution in [2.45, 2.75) is 18.9 Å². The van der Waals surface area contributed by atoms with Crippen molar-refractivity contribution in [1.82, 2.24) is 4.90 Å². The van der Waals surface area contributed by atoms with E-state index in [0.29, 0.717) is 6.54 Å². The SMILES string of the molecule is CSCC[C@@H](N)C(=O)N1CC=C(c2ccccc2)CC1. The van der Waals surface area contributed by atoms with Crippen molar-refractivity contribution < 1.29 is 4.79 Å². The average molecular weight is 290 g/mol. The molecule has 2 N–H and O–H groups in total. The molecule has 0 saturated carbocycles. The van der Waals surface area contributed by atoms with Gasteiger partial charge in [-0.1, -0.05) is 36.4 Å². The number of carbonyl (C=O) groups is 1. The number of carbonyl (C=O) groups excluding carboxylic acids is 1. The molecule has 1 heterocycles. The molecule has 0 aliphatic carbocycles. The molecule has 0 spiro atoms. The van der Waals surface area contributed by atoms with Gasteiger partial charge in [0, 0.05) is 13.1 Å². The molecule has 1 amide bonds. The molecular formula is C16H22N2OS. The van der Waals surface area contributed by atoms with Gasteiger partial charge in [0.2, 0.25) is 5.91 Å². The molecule has 108 valence electrons. The quantitative estimate of drug-likeness (QED) is 0.905. The van der Waals surface area contributed by atoms with Crippen molar-refractivity contribution >= 4 is 23.2 Å². The van der Waals surface area contributed by atoms with Crippen LogP contribution in [0.1, 0.15) is 18.4 Å². The molecule has 1 aromatic rings. The van der Waals surface area contributed by atoms with Gasteiger partial charge in [0.05, 0.1) is 6.04 Å². The highest BCUT2D eigenvalue weighted by Gasteiger charge is 2.22. The van der Waals surface area contributed by atoms with Crippen molar-refractivity contribution in [3.63, 3.8) is 0 Å². The van der Waals surface area contributed by atoms with Crippen LogP contribution >= 0.6 is 11.8 Å². The zero-order valence-corrected chi connectivity index (χ0v) is 12.7. The van der Waals surface area contributed by atoms with E-state index in [1.54, 1.807) is 11.8 Å². The van der Waals surface area contributed by atoms with Crippen LogP contribution in [0.15, 0.2) is 36.4 Å². The van der Waals surface area contributed by atoms with E-state index in [2.05, 4.69) is 18.2 Å². The molecule has 3 nitrogen and oxygen atoms in total. The largest absolute Gasteiger partial charge is 0.337 e. The lowest BCUT2D eigenvalue weighted by molar-refractivity contribution is -0.132. The van der Waals surface area contributed by atoms with E-state index in [4.69, 9.17) is 5.73 Å². The van der Waals surface area contributed by atoms with E-state index in [0.717, 1.165) is 25.1 Å². The normalized spacial score (nSPS) is 16.7. The van der Waals surface area contributed by atoms with Crippen LogP contribution in [-0.2, 0) is 4.79 Å². The number of benzene rings is 1. The van der Waals surface area contributed by atoms with Gasteiger partial charge in [-0.05, 0) is 36.0 Å². The Kier molecular flexibility index (Phi) is 5.68. The second-order valence-corrected chi connectivity index (χ2v) is 6.00. The molecule has 1 aliphatic heterocycles. The highest BCUT2D eigenvalue weighted by Crippen LogP contribution is 2.22. The maximum atomic E-state index is 12.2. The first-order chi connectivity index (χ1) is 9.72. The number of nitrogens with two attached hydrogens (primary N) is 1. The lowest BCUT2D eigenvalue weighted by atomic mass is 9.99. The Balaban J connectivity index is 1.93. The zero-order valence-electron chi connectivity index (χ0n) is 11.9. The van der Waals surface area contributed by atoms with Gasteiger partial charge in [-0.25, -0.2) is 0 Å². The second-order valence-electron chi connectivity index (χ2n) is 5.02. The third kappa shape index (κ3) is 3.87. The number of rotatable bonds is 5. The molecule has 0 bridgehead atoms. The molecule has 0 aromatic heterocycles. The maximum Gasteiger partial charge on any atom is 0.239 e. The number of thioether (sulfide) groups is 1. The fourth-order valence-electron chi connectivity index (χ4n) is 2.39. The van der Waals surface area contributed by atoms with E-state index in [-0.39, 0.29) is 11.9 Å². The molecule has 0 radical (unpaired) electrons. The Labute approximate surface area is 125 Å². The van der Waals surface area contributed by atoms with E-state index < -0.39 is 0 Å². The number of hydrogen-bond acceptors (Lipinski definition) is 3. The van der Waals surface area contributed by atoms with E-state index >= 15 is 0 Å². The van der Waals surface area contributed by atoms with Gasteiger partial charge in [-0.3, -0.25) is 4.79 Å². The molecule has 1 atom stereocenters. The van der Waals surface area contributed by atoms with Crippen LogP contribution in [0, 0.1) is 0 Å². The second kappa shape index (κ2) is 7.50. The van der Waals surface area contributed by atoms with Crippen molar-refractivity contribution in [2.75, 3.05) is 25.1 Å². The highest BCUT2D eigenvalue weighted by atomic mass is 32.2. The standard InChI is InChI=1S/C16H22N2OS/c1-20-12-9-15(17)16(19)18-10-7-14(8-11-18)13-5-3-2-4-6-13/h2-7,15H,8-12,17H2,1H3/t15-/m1/s1. The Bertz CT molecular complexity index is 473. The van der Waals surface area contributed by atoms with E-state index in [1.807, 2.05) is 29.4 Å². The van der Waals surface area contributed by atoms with Crippen molar-refractivity contribution in [2.24, 2.45) is 5.73 Å². The van der Waals surface area contributed by atoms with Crippen molar-refractivity contribution in [3.8, 4) is 0 Å². The van der Waals surface area contributed by atoms with Crippen LogP contribution in [-0.4, -0.2) is 41.9 Å². The Morgan fingerprint density at radius 2 is 2.15 bits per heavy atom. The Morgan fingerprint density at radius 3 is 2.75 bits per heavy atom. The van der Waals surface area contributed by atoms with Gasteiger partial charge < -0.3 is 10.6 Å². The summed E-state index contributed by atoms with van der Waals surface area (Å²) in [7, 11) is 0. The summed E-state index contributed by atoms with van der Waals surface area (Å²) < 4.78 is 0. The average Bonchev–Trinajstić information content (AvgIpc) is 2.53. The summed E-state index contributed by atoms with van der Waals surface area (Å²) in [5.41, 5.74) is 8.54. The van der Waals surface area contributed by atoms with Crippen LogP contribution in [0.3, 0.4) is 0 Å². The van der Waals surface area contributed by atoms with Crippen LogP contribution < -0.4 is 5.73 Å². The number of hydrogen-bond donors (Lipinski definition) is 1. The lowest BCUT2D eigenvalue weighted by Gasteiger charge is -2.29. The van der Waals surface area contributed by atoms with Gasteiger partial charge in [-0.15, -0.1) is 0 Å². The topological polar surface area (TPSA) is 46.3 Å². The summed E-state index contributed by atoms with van der Waals surface area (Å²) in [6, 6.07) is 10.0. The smallest absolute Gasteiger partial charge is 0.239 e. The summed E-state index contributed by atoms with van der Waals surface area (Å²) in [6.07, 6.45) is 5.85. The third-order valence-corrected chi connectivity index (χ3v) is 4.26. The summed E-state index contributed by atoms with van der Waals surface area (Å²) in [5.74, 6) is 1.02. The summed E-state index contributed by atoms with van der Waals surface area (Å²) >= 11 is 1.73. The molecule has 2 rings (SSSR count). The molecule has 0 fully saturated rings. The molecule has 1 aromatic carbocycles. The summed E-state index contributed by atoms with van der Waals surface area (Å²) in [6.45, 7) is 1.45. The zero-order chi connectivity index (χ0) is 14.4. The number of amides is 1. The molecule has 20 heavy (non-hydrogen) atoms. The van der Waals surface area contributed by atoms with Crippen LogP contribution in [0.2, 0.25) is 0 Å². The van der Waals surface area contributed by atoms with Gasteiger partial charge in [-0.2, -0.15) is 11.8 Å². The van der Waals surface area contributed by atoms with Crippen LogP contribution in [0.4, 0.5) is 0 Å². The molecule has 4 heteroatoms. The minimum absolute atomic E-state index is 0.0856. The monoisotopic (exact) mass is 290 g/mol. The molecule has 0 unspecified atom stereocenters. The fraction of sp³-hybridized carbons (Fsp3) is 0.438. The summed E-state index contributed by atoms with van der Waals surface area (Å²) in [4.78, 5) is 14.1. The van der Waals surface area contributed by atoms with Gasteiger partial charge in [0.1, 0.15) is 0 Å². The van der Waals surface area contributed by atoms with Crippen LogP contribution in [0.5, 0.6) is 0 Å². The maximum absolute atomic E-state index is 12.2. The lowest BCUT2D eigenvalue weighted by Crippen LogP contribution is -2.45. The predicted molar refractivity (Wildman–Crippen MR) is 86.6 cm³/mol. The third-order valence-electron chi connectivity index (χ3n) is 3.62. The Hall–Kier alpha value is -1.26. The minimum atomic E-state index is -0.353. The molecular weight excluding hydrogens is 268 g/mol. The first-order valence-corrected chi connectivity index (χ1v) is 8.39. The first-order valence-electron chi connectivity index (χ1n) is 7.00. The van der Waals surface area contributed by atoms with Crippen molar-refractivity contribution in [3.05, 3.63) is 42.0 Å². The first kappa shape index (κ1) is 15.1. The van der Waals surface area contributed by atoms with Gasteiger partial charge in [0.15, 0.2) is 0 Å². The minimum Gasteiger partial charge on any atom is -0.337 e. The molecule has 0 saturated heterocycles. The van der Waals surface area contributed by atoms with Gasteiger partial charge in [0.25, 0.3) is 0 Å². The Morgan fingerprint density at radius 1 is 1.40 bits per heavy atom. The fourth-order valence-corrected chi connectivity index (χ4v) is 2.88. The van der Waals surface area contributed by atoms with Crippen molar-refractivity contribution in [1.29, 1.82) is 0 Å². The predicted octanol–water partition coefficient (Wildman–Crippen LogP) is 2.38. The highest BCUT2D eigenvalue weighted by molar-refractivity contribution is 7.98. The summed E-state index contributed by atoms with van der Waals surface area (Å²) in [5, 5.41) is 0. The number of nitrogens with zero attached hydrogens (tertiary/aromatic N) is 1. The van der Waals surface area contributed by atoms with Gasteiger partial charge >= 0.3 is 0 Å².